The van der Waals surface area contributed by atoms with Gasteiger partial charge in [-0.3, -0.25) is 10.2 Å². The second-order valence-corrected chi connectivity index (χ2v) is 5.18. The van der Waals surface area contributed by atoms with Crippen molar-refractivity contribution >= 4 is 17.9 Å². The molecule has 1 N–H and O–H groups in total. The highest BCUT2D eigenvalue weighted by molar-refractivity contribution is 5.82. The molecule has 0 spiro atoms. The molecule has 0 fully saturated rings. The van der Waals surface area contributed by atoms with Gasteiger partial charge in [-0.05, 0) is 48.9 Å². The Morgan fingerprint density at radius 2 is 1.96 bits per heavy atom. The van der Waals surface area contributed by atoms with E-state index in [9.17, 15) is 18.0 Å². The van der Waals surface area contributed by atoms with Gasteiger partial charge in [0.25, 0.3) is 0 Å². The molecule has 8 heteroatoms. The maximum absolute atomic E-state index is 12.7. The zero-order valence-corrected chi connectivity index (χ0v) is 14.1. The molecule has 138 valence electrons. The number of rotatable bonds is 6. The molecule has 0 atom stereocenters. The third kappa shape index (κ3) is 5.51. The van der Waals surface area contributed by atoms with Crippen LogP contribution in [0.4, 0.5) is 18.9 Å². The quantitative estimate of drug-likeness (QED) is 0.355. The molecule has 2 rings (SSSR count). The second kappa shape index (κ2) is 8.37. The highest BCUT2D eigenvalue weighted by atomic mass is 19.4. The van der Waals surface area contributed by atoms with E-state index < -0.39 is 17.7 Å². The molecule has 0 bridgehead atoms. The van der Waals surface area contributed by atoms with E-state index in [0.717, 1.165) is 12.1 Å². The predicted octanol–water partition coefficient (Wildman–Crippen LogP) is 4.48. The minimum absolute atomic E-state index is 0.206. The van der Waals surface area contributed by atoms with Crippen LogP contribution in [0, 0.1) is 0 Å². The van der Waals surface area contributed by atoms with Crippen molar-refractivity contribution in [2.75, 3.05) is 12.0 Å². The van der Waals surface area contributed by atoms with Crippen LogP contribution in [0.2, 0.25) is 0 Å². The van der Waals surface area contributed by atoms with Gasteiger partial charge in [0.05, 0.1) is 24.1 Å². The molecule has 0 heterocycles. The van der Waals surface area contributed by atoms with Gasteiger partial charge in [-0.2, -0.15) is 18.3 Å². The van der Waals surface area contributed by atoms with Crippen LogP contribution in [0.1, 0.15) is 25.0 Å². The third-order valence-electron chi connectivity index (χ3n) is 3.12. The van der Waals surface area contributed by atoms with Gasteiger partial charge < -0.3 is 9.47 Å². The summed E-state index contributed by atoms with van der Waals surface area (Å²) in [6.07, 6.45) is -3.00. The number of alkyl halides is 3. The molecule has 0 aromatic heterocycles. The first-order valence-electron chi connectivity index (χ1n) is 7.71. The lowest BCUT2D eigenvalue weighted by molar-refractivity contribution is -0.137. The fraction of sp³-hybridized carbons (Fsp3) is 0.222. The van der Waals surface area contributed by atoms with E-state index in [2.05, 4.69) is 10.5 Å². The first kappa shape index (κ1) is 19.3. The lowest BCUT2D eigenvalue weighted by Gasteiger charge is -2.10. The van der Waals surface area contributed by atoms with E-state index in [-0.39, 0.29) is 11.4 Å². The predicted molar refractivity (Wildman–Crippen MR) is 91.6 cm³/mol. The topological polar surface area (TPSA) is 59.9 Å². The van der Waals surface area contributed by atoms with E-state index >= 15 is 0 Å². The maximum atomic E-state index is 12.7. The van der Waals surface area contributed by atoms with Crippen LogP contribution < -0.4 is 14.9 Å². The number of nitrogens with zero attached hydrogens (tertiary/aromatic N) is 1. The van der Waals surface area contributed by atoms with Crippen molar-refractivity contribution in [3.05, 3.63) is 53.6 Å². The van der Waals surface area contributed by atoms with Gasteiger partial charge in [0, 0.05) is 6.92 Å². The fourth-order valence-corrected chi connectivity index (χ4v) is 2.06. The van der Waals surface area contributed by atoms with Crippen LogP contribution in [0.3, 0.4) is 0 Å². The average Bonchev–Trinajstić information content (AvgIpc) is 2.56. The highest BCUT2D eigenvalue weighted by Crippen LogP contribution is 2.31. The number of halogens is 3. The first-order valence-corrected chi connectivity index (χ1v) is 7.71. The van der Waals surface area contributed by atoms with Crippen molar-refractivity contribution in [1.82, 2.24) is 0 Å². The van der Waals surface area contributed by atoms with E-state index in [4.69, 9.17) is 9.47 Å². The minimum atomic E-state index is -4.42. The van der Waals surface area contributed by atoms with Gasteiger partial charge in [-0.1, -0.05) is 6.07 Å². The molecule has 0 amide bonds. The van der Waals surface area contributed by atoms with Crippen LogP contribution in [0.25, 0.3) is 0 Å². The van der Waals surface area contributed by atoms with Crippen LogP contribution >= 0.6 is 0 Å². The lowest BCUT2D eigenvalue weighted by Crippen LogP contribution is -2.05. The number of carbonyl (C=O) groups excluding carboxylic acids is 1. The Balaban J connectivity index is 2.13. The van der Waals surface area contributed by atoms with Gasteiger partial charge >= 0.3 is 12.1 Å². The summed E-state index contributed by atoms with van der Waals surface area (Å²) in [5.74, 6) is 0.173. The van der Waals surface area contributed by atoms with E-state index in [1.165, 1.54) is 25.3 Å². The largest absolute Gasteiger partial charge is 0.490 e. The summed E-state index contributed by atoms with van der Waals surface area (Å²) in [5, 5.41) is 3.92. The molecule has 0 saturated heterocycles. The Morgan fingerprint density at radius 3 is 2.62 bits per heavy atom. The zero-order chi connectivity index (χ0) is 19.2. The SMILES string of the molecule is CCOc1cc(/C=N/Nc2cccc(C(F)(F)F)c2)ccc1OC(C)=O. The zero-order valence-electron chi connectivity index (χ0n) is 14.1. The number of nitrogens with one attached hydrogen (secondary N) is 1. The van der Waals surface area contributed by atoms with Crippen LogP contribution in [0.5, 0.6) is 11.5 Å². The molecular weight excluding hydrogens is 349 g/mol. The summed E-state index contributed by atoms with van der Waals surface area (Å²) in [5.41, 5.74) is 2.61. The van der Waals surface area contributed by atoms with Crippen molar-refractivity contribution in [3.8, 4) is 11.5 Å². The summed E-state index contributed by atoms with van der Waals surface area (Å²) in [6, 6.07) is 9.52. The molecule has 5 nitrogen and oxygen atoms in total. The monoisotopic (exact) mass is 366 g/mol. The molecule has 0 unspecified atom stereocenters. The average molecular weight is 366 g/mol. The smallest absolute Gasteiger partial charge is 0.416 e. The molecular formula is C18H17F3N2O3. The Bertz CT molecular complexity index is 805. The van der Waals surface area contributed by atoms with Crippen molar-refractivity contribution in [1.29, 1.82) is 0 Å². The number of benzene rings is 2. The molecule has 2 aromatic rings. The molecule has 0 aliphatic rings. The Morgan fingerprint density at radius 1 is 1.19 bits per heavy atom. The number of carbonyl (C=O) groups is 1. The molecule has 0 radical (unpaired) electrons. The Kier molecular flexibility index (Phi) is 6.21. The molecule has 0 aliphatic heterocycles. The third-order valence-corrected chi connectivity index (χ3v) is 3.12. The van der Waals surface area contributed by atoms with E-state index in [0.29, 0.717) is 17.9 Å². The van der Waals surface area contributed by atoms with Gasteiger partial charge in [-0.25, -0.2) is 0 Å². The number of hydrogen-bond acceptors (Lipinski definition) is 5. The normalized spacial score (nSPS) is 11.4. The highest BCUT2D eigenvalue weighted by Gasteiger charge is 2.30. The summed E-state index contributed by atoms with van der Waals surface area (Å²) in [6.45, 7) is 3.44. The standard InChI is InChI=1S/C18H17F3N2O3/c1-3-25-17-9-13(7-8-16(17)26-12(2)24)11-22-23-15-6-4-5-14(10-15)18(19,20)21/h4-11,23H,3H2,1-2H3/b22-11+. The Labute approximate surface area is 148 Å². The van der Waals surface area contributed by atoms with Crippen LogP contribution in [-0.4, -0.2) is 18.8 Å². The first-order chi connectivity index (χ1) is 12.3. The summed E-state index contributed by atoms with van der Waals surface area (Å²) in [7, 11) is 0. The Hall–Kier alpha value is -3.03. The second-order valence-electron chi connectivity index (χ2n) is 5.18. The van der Waals surface area contributed by atoms with Gasteiger partial charge in [0.1, 0.15) is 0 Å². The molecule has 0 aliphatic carbocycles. The number of hydrazone groups is 1. The lowest BCUT2D eigenvalue weighted by atomic mass is 10.2. The van der Waals surface area contributed by atoms with Crippen molar-refractivity contribution in [2.45, 2.75) is 20.0 Å². The molecule has 2 aromatic carbocycles. The van der Waals surface area contributed by atoms with E-state index in [1.807, 2.05) is 0 Å². The van der Waals surface area contributed by atoms with Gasteiger partial charge in [-0.15, -0.1) is 0 Å². The van der Waals surface area contributed by atoms with Crippen LogP contribution in [-0.2, 0) is 11.0 Å². The summed E-state index contributed by atoms with van der Waals surface area (Å²) >= 11 is 0. The maximum Gasteiger partial charge on any atom is 0.416 e. The summed E-state index contributed by atoms with van der Waals surface area (Å²) < 4.78 is 48.5. The van der Waals surface area contributed by atoms with Crippen LogP contribution in [0.15, 0.2) is 47.6 Å². The minimum Gasteiger partial charge on any atom is -0.490 e. The molecule has 0 saturated carbocycles. The number of anilines is 1. The van der Waals surface area contributed by atoms with Gasteiger partial charge in [0.2, 0.25) is 0 Å². The fourth-order valence-electron chi connectivity index (χ4n) is 2.06. The van der Waals surface area contributed by atoms with Crippen molar-refractivity contribution in [2.24, 2.45) is 5.10 Å². The number of ether oxygens (including phenoxy) is 2. The molecule has 26 heavy (non-hydrogen) atoms. The number of hydrogen-bond donors (Lipinski definition) is 1. The van der Waals surface area contributed by atoms with Crippen molar-refractivity contribution in [3.63, 3.8) is 0 Å². The van der Waals surface area contributed by atoms with Crippen molar-refractivity contribution < 1.29 is 27.4 Å². The van der Waals surface area contributed by atoms with E-state index in [1.54, 1.807) is 25.1 Å². The summed E-state index contributed by atoms with van der Waals surface area (Å²) in [4.78, 5) is 11.1. The van der Waals surface area contributed by atoms with Gasteiger partial charge in [0.15, 0.2) is 11.5 Å². The number of esters is 1.